The third-order valence-electron chi connectivity index (χ3n) is 3.18. The van der Waals surface area contributed by atoms with Crippen LogP contribution < -0.4 is 11.4 Å². The highest BCUT2D eigenvalue weighted by molar-refractivity contribution is 9.10. The molecule has 2 rings (SSSR count). The van der Waals surface area contributed by atoms with Gasteiger partial charge in [0.2, 0.25) is 0 Å². The van der Waals surface area contributed by atoms with Crippen molar-refractivity contribution in [1.82, 2.24) is 9.55 Å². The molecule has 0 aliphatic carbocycles. The highest BCUT2D eigenvalue weighted by Crippen LogP contribution is 2.37. The van der Waals surface area contributed by atoms with E-state index in [4.69, 9.17) is 10.5 Å². The molecule has 1 fully saturated rings. The molecule has 0 unspecified atom stereocenters. The maximum Gasteiger partial charge on any atom is 0.351 e. The molecule has 1 aromatic heterocycles. The predicted octanol–water partition coefficient (Wildman–Crippen LogP) is -0.215. The van der Waals surface area contributed by atoms with Crippen molar-refractivity contribution in [3.63, 3.8) is 0 Å². The quantitative estimate of drug-likeness (QED) is 0.661. The van der Waals surface area contributed by atoms with E-state index in [1.54, 1.807) is 0 Å². The molecular weight excluding hydrogens is 318 g/mol. The van der Waals surface area contributed by atoms with Crippen molar-refractivity contribution in [2.45, 2.75) is 24.4 Å². The minimum Gasteiger partial charge on any atom is -0.393 e. The van der Waals surface area contributed by atoms with E-state index >= 15 is 0 Å². The molecule has 2 heterocycles. The molecule has 7 nitrogen and oxygen atoms in total. The number of anilines is 1. The van der Waals surface area contributed by atoms with Gasteiger partial charge in [0.05, 0.1) is 17.2 Å². The van der Waals surface area contributed by atoms with Gasteiger partial charge < -0.3 is 20.7 Å². The van der Waals surface area contributed by atoms with E-state index in [0.29, 0.717) is 4.47 Å². The molecule has 1 aliphatic heterocycles. The van der Waals surface area contributed by atoms with Gasteiger partial charge in [0.1, 0.15) is 17.6 Å². The van der Waals surface area contributed by atoms with Gasteiger partial charge in [0.25, 0.3) is 0 Å². The van der Waals surface area contributed by atoms with Crippen LogP contribution in [0, 0.1) is 0 Å². The number of hydrogen-bond donors (Lipinski definition) is 3. The van der Waals surface area contributed by atoms with Gasteiger partial charge in [-0.05, 0) is 15.9 Å². The lowest BCUT2D eigenvalue weighted by Crippen LogP contribution is -2.41. The Morgan fingerprint density at radius 1 is 1.79 bits per heavy atom. The van der Waals surface area contributed by atoms with Gasteiger partial charge in [-0.25, -0.2) is 4.79 Å². The first-order chi connectivity index (χ1) is 8.93. The lowest BCUT2D eigenvalue weighted by atomic mass is 9.98. The summed E-state index contributed by atoms with van der Waals surface area (Å²) in [6.07, 6.45) is 1.23. The lowest BCUT2D eigenvalue weighted by molar-refractivity contribution is -0.0973. The molecule has 1 saturated heterocycles. The first-order valence-electron chi connectivity index (χ1n) is 5.58. The van der Waals surface area contributed by atoms with E-state index in [2.05, 4.69) is 27.5 Å². The molecule has 0 saturated carbocycles. The van der Waals surface area contributed by atoms with Crippen molar-refractivity contribution in [2.75, 3.05) is 12.3 Å². The lowest BCUT2D eigenvalue weighted by Gasteiger charge is -2.26. The number of nitrogen functional groups attached to an aromatic ring is 1. The Balaban J connectivity index is 2.38. The van der Waals surface area contributed by atoms with Crippen LogP contribution in [0.1, 0.15) is 12.6 Å². The Morgan fingerprint density at radius 2 is 2.47 bits per heavy atom. The standard InChI is InChI=1S/C11H14BrN3O4/c1-2-11(5-16)7(17)3-8(19-11)15-4-6(12)9(13)14-10(15)18/h2,4,7-8,16-17H,1,3,5H2,(H2,13,14,18)/t7-,8-,11+/m0/s1. The molecule has 0 radical (unpaired) electrons. The SMILES string of the molecule is C=C[C@]1(CO)O[C@H](n2cc(Br)c(N)nc2=O)C[C@@H]1O. The van der Waals surface area contributed by atoms with Crippen LogP contribution in [0.3, 0.4) is 0 Å². The zero-order chi connectivity index (χ0) is 14.2. The molecule has 3 atom stereocenters. The monoisotopic (exact) mass is 331 g/mol. The maximum absolute atomic E-state index is 11.8. The summed E-state index contributed by atoms with van der Waals surface area (Å²) in [6, 6.07) is 0. The Morgan fingerprint density at radius 3 is 3.00 bits per heavy atom. The van der Waals surface area contributed by atoms with E-state index in [0.717, 1.165) is 0 Å². The number of halogens is 1. The Kier molecular flexibility index (Phi) is 3.77. The number of nitrogens with two attached hydrogens (primary N) is 1. The zero-order valence-electron chi connectivity index (χ0n) is 9.99. The minimum absolute atomic E-state index is 0.0805. The van der Waals surface area contributed by atoms with Crippen LogP contribution in [0.4, 0.5) is 5.82 Å². The van der Waals surface area contributed by atoms with Crippen LogP contribution in [0.2, 0.25) is 0 Å². The molecule has 104 valence electrons. The third kappa shape index (κ3) is 2.32. The highest BCUT2D eigenvalue weighted by Gasteiger charge is 2.46. The van der Waals surface area contributed by atoms with E-state index in [1.165, 1.54) is 16.8 Å². The number of ether oxygens (including phenoxy) is 1. The van der Waals surface area contributed by atoms with Crippen LogP contribution in [-0.2, 0) is 4.74 Å². The van der Waals surface area contributed by atoms with Gasteiger partial charge in [-0.2, -0.15) is 4.98 Å². The molecule has 1 aliphatic rings. The van der Waals surface area contributed by atoms with E-state index in [9.17, 15) is 15.0 Å². The van der Waals surface area contributed by atoms with Crippen LogP contribution in [0.25, 0.3) is 0 Å². The summed E-state index contributed by atoms with van der Waals surface area (Å²) < 4.78 is 7.23. The summed E-state index contributed by atoms with van der Waals surface area (Å²) in [4.78, 5) is 15.4. The molecule has 0 amide bonds. The van der Waals surface area contributed by atoms with Crippen molar-refractivity contribution < 1.29 is 14.9 Å². The average Bonchev–Trinajstić information content (AvgIpc) is 2.71. The summed E-state index contributed by atoms with van der Waals surface area (Å²) in [6.45, 7) is 3.12. The van der Waals surface area contributed by atoms with Crippen LogP contribution in [0.15, 0.2) is 28.1 Å². The molecule has 4 N–H and O–H groups in total. The fourth-order valence-electron chi connectivity index (χ4n) is 2.00. The van der Waals surface area contributed by atoms with Crippen LogP contribution >= 0.6 is 15.9 Å². The fourth-order valence-corrected chi connectivity index (χ4v) is 2.31. The first kappa shape index (κ1) is 14.2. The van der Waals surface area contributed by atoms with Gasteiger partial charge in [-0.3, -0.25) is 4.57 Å². The predicted molar refractivity (Wildman–Crippen MR) is 71.4 cm³/mol. The van der Waals surface area contributed by atoms with Crippen molar-refractivity contribution in [3.8, 4) is 0 Å². The Hall–Kier alpha value is -1.22. The van der Waals surface area contributed by atoms with Crippen molar-refractivity contribution in [2.24, 2.45) is 0 Å². The largest absolute Gasteiger partial charge is 0.393 e. The minimum atomic E-state index is -1.27. The maximum atomic E-state index is 11.8. The van der Waals surface area contributed by atoms with Crippen LogP contribution in [0.5, 0.6) is 0 Å². The first-order valence-corrected chi connectivity index (χ1v) is 6.37. The van der Waals surface area contributed by atoms with Gasteiger partial charge in [-0.1, -0.05) is 6.08 Å². The van der Waals surface area contributed by atoms with E-state index in [1.807, 2.05) is 0 Å². The number of rotatable bonds is 3. The number of aliphatic hydroxyl groups excluding tert-OH is 2. The number of hydrogen-bond acceptors (Lipinski definition) is 6. The Labute approximate surface area is 117 Å². The van der Waals surface area contributed by atoms with Crippen LogP contribution in [-0.4, -0.2) is 38.1 Å². The van der Waals surface area contributed by atoms with Crippen molar-refractivity contribution >= 4 is 21.7 Å². The normalized spacial score (nSPS) is 30.5. The second kappa shape index (κ2) is 5.04. The smallest absolute Gasteiger partial charge is 0.351 e. The summed E-state index contributed by atoms with van der Waals surface area (Å²) in [7, 11) is 0. The van der Waals surface area contributed by atoms with Gasteiger partial charge in [-0.15, -0.1) is 6.58 Å². The fraction of sp³-hybridized carbons (Fsp3) is 0.455. The molecular formula is C11H14BrN3O4. The highest BCUT2D eigenvalue weighted by atomic mass is 79.9. The molecule has 1 aromatic rings. The summed E-state index contributed by atoms with van der Waals surface area (Å²) in [5.41, 5.74) is 3.65. The van der Waals surface area contributed by atoms with Crippen molar-refractivity contribution in [1.29, 1.82) is 0 Å². The van der Waals surface area contributed by atoms with E-state index in [-0.39, 0.29) is 12.2 Å². The third-order valence-corrected chi connectivity index (χ3v) is 3.79. The van der Waals surface area contributed by atoms with E-state index < -0.39 is 30.2 Å². The molecule has 0 bridgehead atoms. The molecule has 0 aromatic carbocycles. The van der Waals surface area contributed by atoms with Crippen molar-refractivity contribution in [3.05, 3.63) is 33.8 Å². The molecule has 0 spiro atoms. The second-order valence-electron chi connectivity index (χ2n) is 4.31. The second-order valence-corrected chi connectivity index (χ2v) is 5.16. The number of nitrogens with zero attached hydrogens (tertiary/aromatic N) is 2. The number of aromatic nitrogens is 2. The van der Waals surface area contributed by atoms with Gasteiger partial charge in [0, 0.05) is 12.6 Å². The summed E-state index contributed by atoms with van der Waals surface area (Å²) in [5, 5.41) is 19.3. The summed E-state index contributed by atoms with van der Waals surface area (Å²) >= 11 is 3.17. The molecule has 8 heteroatoms. The van der Waals surface area contributed by atoms with Gasteiger partial charge >= 0.3 is 5.69 Å². The average molecular weight is 332 g/mol. The molecule has 19 heavy (non-hydrogen) atoms. The zero-order valence-corrected chi connectivity index (χ0v) is 11.6. The summed E-state index contributed by atoms with van der Waals surface area (Å²) in [5.74, 6) is 0.0805. The topological polar surface area (TPSA) is 111 Å². The number of aliphatic hydroxyl groups is 2. The van der Waals surface area contributed by atoms with Gasteiger partial charge in [0.15, 0.2) is 0 Å². The Bertz CT molecular complexity index is 561.